The molecule has 17 atom stereocenters. The van der Waals surface area contributed by atoms with Crippen molar-refractivity contribution in [2.45, 2.75) is 413 Å². The van der Waals surface area contributed by atoms with Gasteiger partial charge in [0.05, 0.1) is 38.6 Å². The van der Waals surface area contributed by atoms with Crippen LogP contribution in [0.25, 0.3) is 0 Å². The number of hydrogen-bond acceptors (Lipinski definition) is 18. The number of rotatable bonds is 60. The summed E-state index contributed by atoms with van der Waals surface area (Å²) in [6, 6.07) is -0.883. The number of aliphatic hydroxyl groups excluding tert-OH is 11. The standard InChI is InChI=1S/C74H139NO18/c1-3-5-7-9-11-13-15-17-18-19-20-21-22-23-24-25-26-27-28-29-30-31-32-33-34-35-36-37-38-40-42-44-46-48-50-52-62(80)75-57(58(79)51-49-47-45-43-41-39-16-14-12-10-8-6-4-2)56-88-72-68(86)65(83)70(60(54-77)90-72)93-74-69(87)66(84)71(61(55-78)91-74)92-73-67(85)64(82)63(81)59(53-76)89-73/h15,17,19-20,57-61,63-74,76-79,81-87H,3-14,16,18,21-56H2,1-2H3,(H,75,80)/b17-15-,20-19-. The number of carbonyl (C=O) groups excluding carboxylic acids is 1. The van der Waals surface area contributed by atoms with E-state index in [0.29, 0.717) is 12.8 Å². The molecule has 17 unspecified atom stereocenters. The average Bonchev–Trinajstić information content (AvgIpc) is 0.842. The van der Waals surface area contributed by atoms with E-state index >= 15 is 0 Å². The third-order valence-electron chi connectivity index (χ3n) is 19.3. The summed E-state index contributed by atoms with van der Waals surface area (Å²) >= 11 is 0. The summed E-state index contributed by atoms with van der Waals surface area (Å²) in [6.07, 6.45) is 38.6. The predicted molar refractivity (Wildman–Crippen MR) is 365 cm³/mol. The van der Waals surface area contributed by atoms with Crippen LogP contribution in [0.5, 0.6) is 0 Å². The molecular formula is C74H139NO18. The van der Waals surface area contributed by atoms with E-state index in [1.807, 2.05) is 0 Å². The lowest BCUT2D eigenvalue weighted by Gasteiger charge is -2.48. The maximum atomic E-state index is 13.4. The number of aliphatic hydroxyl groups is 11. The van der Waals surface area contributed by atoms with Crippen LogP contribution in [0.15, 0.2) is 24.3 Å². The Labute approximate surface area is 562 Å². The topological polar surface area (TPSA) is 307 Å². The normalized spacial score (nSPS) is 27.6. The van der Waals surface area contributed by atoms with Crippen molar-refractivity contribution in [3.8, 4) is 0 Å². The molecule has 0 aromatic rings. The molecule has 0 aromatic carbocycles. The van der Waals surface area contributed by atoms with Crippen LogP contribution >= 0.6 is 0 Å². The zero-order valence-corrected chi connectivity index (χ0v) is 58.3. The van der Waals surface area contributed by atoms with Crippen molar-refractivity contribution in [1.29, 1.82) is 0 Å². The molecule has 3 aliphatic heterocycles. The third-order valence-corrected chi connectivity index (χ3v) is 19.3. The maximum absolute atomic E-state index is 13.4. The fraction of sp³-hybridized carbons (Fsp3) is 0.932. The molecule has 0 radical (unpaired) electrons. The van der Waals surface area contributed by atoms with Gasteiger partial charge in [-0.2, -0.15) is 0 Å². The largest absolute Gasteiger partial charge is 0.394 e. The highest BCUT2D eigenvalue weighted by Crippen LogP contribution is 2.33. The third kappa shape index (κ3) is 37.3. The van der Waals surface area contributed by atoms with Crippen LogP contribution in [0, 0.1) is 0 Å². The molecule has 548 valence electrons. The zero-order chi connectivity index (χ0) is 67.5. The van der Waals surface area contributed by atoms with E-state index in [0.717, 1.165) is 51.4 Å². The van der Waals surface area contributed by atoms with Crippen molar-refractivity contribution in [1.82, 2.24) is 5.32 Å². The van der Waals surface area contributed by atoms with Gasteiger partial charge in [0.1, 0.15) is 73.2 Å². The minimum absolute atomic E-state index is 0.237. The molecule has 1 amide bonds. The second kappa shape index (κ2) is 56.1. The van der Waals surface area contributed by atoms with Gasteiger partial charge in [-0.05, 0) is 44.9 Å². The quantitative estimate of drug-likeness (QED) is 0.0199. The Morgan fingerprint density at radius 3 is 1.10 bits per heavy atom. The molecule has 3 rings (SSSR count). The van der Waals surface area contributed by atoms with Gasteiger partial charge in [0, 0.05) is 6.42 Å². The fourth-order valence-corrected chi connectivity index (χ4v) is 13.1. The molecule has 3 fully saturated rings. The second-order valence-electron chi connectivity index (χ2n) is 27.5. The summed E-state index contributed by atoms with van der Waals surface area (Å²) in [4.78, 5) is 13.4. The van der Waals surface area contributed by atoms with E-state index in [1.54, 1.807) is 0 Å². The molecular weight excluding hydrogens is 1190 g/mol. The fourth-order valence-electron chi connectivity index (χ4n) is 13.1. The Hall–Kier alpha value is -1.73. The molecule has 0 spiro atoms. The molecule has 19 heteroatoms. The lowest BCUT2D eigenvalue weighted by molar-refractivity contribution is -0.379. The number of allylic oxidation sites excluding steroid dienone is 4. The van der Waals surface area contributed by atoms with Gasteiger partial charge in [0.2, 0.25) is 5.91 Å². The first-order chi connectivity index (χ1) is 45.3. The minimum atomic E-state index is -1.97. The average molecular weight is 1330 g/mol. The van der Waals surface area contributed by atoms with E-state index < -0.39 is 124 Å². The Balaban J connectivity index is 1.31. The number of hydrogen-bond donors (Lipinski definition) is 12. The number of nitrogens with one attached hydrogen (secondary N) is 1. The lowest BCUT2D eigenvalue weighted by Crippen LogP contribution is -2.66. The predicted octanol–water partition coefficient (Wildman–Crippen LogP) is 11.4. The number of carbonyl (C=O) groups is 1. The van der Waals surface area contributed by atoms with Crippen LogP contribution in [-0.2, 0) is 33.2 Å². The van der Waals surface area contributed by atoms with Crippen molar-refractivity contribution in [2.75, 3.05) is 26.4 Å². The van der Waals surface area contributed by atoms with Gasteiger partial charge in [-0.3, -0.25) is 4.79 Å². The Bertz CT molecular complexity index is 1780. The summed E-state index contributed by atoms with van der Waals surface area (Å²) in [7, 11) is 0. The molecule has 0 saturated carbocycles. The summed E-state index contributed by atoms with van der Waals surface area (Å²) in [5.41, 5.74) is 0. The second-order valence-corrected chi connectivity index (χ2v) is 27.5. The van der Waals surface area contributed by atoms with Crippen LogP contribution in [0.1, 0.15) is 309 Å². The van der Waals surface area contributed by atoms with Crippen LogP contribution in [-0.4, -0.2) is 193 Å². The first-order valence-corrected chi connectivity index (χ1v) is 38.1. The summed E-state index contributed by atoms with van der Waals surface area (Å²) < 4.78 is 34.4. The highest BCUT2D eigenvalue weighted by Gasteiger charge is 2.53. The van der Waals surface area contributed by atoms with Gasteiger partial charge in [-0.1, -0.05) is 282 Å². The highest BCUT2D eigenvalue weighted by atomic mass is 16.8. The zero-order valence-electron chi connectivity index (χ0n) is 58.3. The van der Waals surface area contributed by atoms with Crippen molar-refractivity contribution >= 4 is 5.91 Å². The first-order valence-electron chi connectivity index (χ1n) is 38.1. The van der Waals surface area contributed by atoms with Crippen LogP contribution in [0.4, 0.5) is 0 Å². The Kier molecular flexibility index (Phi) is 51.5. The first kappa shape index (κ1) is 85.5. The Morgan fingerprint density at radius 1 is 0.387 bits per heavy atom. The molecule has 3 saturated heterocycles. The molecule has 0 bridgehead atoms. The van der Waals surface area contributed by atoms with Crippen LogP contribution in [0.2, 0.25) is 0 Å². The molecule has 3 heterocycles. The maximum Gasteiger partial charge on any atom is 0.220 e. The van der Waals surface area contributed by atoms with Crippen molar-refractivity contribution in [3.05, 3.63) is 24.3 Å². The number of unbranched alkanes of at least 4 members (excludes halogenated alkanes) is 40. The van der Waals surface area contributed by atoms with Gasteiger partial charge in [-0.15, -0.1) is 0 Å². The van der Waals surface area contributed by atoms with Crippen molar-refractivity contribution < 1.29 is 89.4 Å². The van der Waals surface area contributed by atoms with Gasteiger partial charge >= 0.3 is 0 Å². The SMILES string of the molecule is CCCCCCC/C=C\C/C=C\CCCCCCCCCCCCCCCCCCCCCCCCCC(=O)NC(COC1OC(CO)C(OC2OC(CO)C(OC3OC(CO)C(O)C(O)C3O)C(O)C2O)C(O)C1O)C(O)CCCCCCCCCCCCCCC. The van der Waals surface area contributed by atoms with Crippen molar-refractivity contribution in [2.24, 2.45) is 0 Å². The monoisotopic (exact) mass is 1330 g/mol. The van der Waals surface area contributed by atoms with Crippen molar-refractivity contribution in [3.63, 3.8) is 0 Å². The molecule has 19 nitrogen and oxygen atoms in total. The molecule has 12 N–H and O–H groups in total. The summed E-state index contributed by atoms with van der Waals surface area (Å²) in [5, 5.41) is 121. The minimum Gasteiger partial charge on any atom is -0.394 e. The lowest BCUT2D eigenvalue weighted by atomic mass is 9.96. The summed E-state index contributed by atoms with van der Waals surface area (Å²) in [5.74, 6) is -0.237. The van der Waals surface area contributed by atoms with Gasteiger partial charge < -0.3 is 89.9 Å². The van der Waals surface area contributed by atoms with Gasteiger partial charge in [0.15, 0.2) is 18.9 Å². The van der Waals surface area contributed by atoms with E-state index in [4.69, 9.17) is 28.4 Å². The Morgan fingerprint density at radius 2 is 0.710 bits per heavy atom. The van der Waals surface area contributed by atoms with Gasteiger partial charge in [0.25, 0.3) is 0 Å². The highest BCUT2D eigenvalue weighted by molar-refractivity contribution is 5.76. The number of ether oxygens (including phenoxy) is 6. The number of amides is 1. The smallest absolute Gasteiger partial charge is 0.220 e. The van der Waals surface area contributed by atoms with E-state index in [2.05, 4.69) is 43.5 Å². The van der Waals surface area contributed by atoms with E-state index in [-0.39, 0.29) is 18.9 Å². The molecule has 0 aromatic heterocycles. The van der Waals surface area contributed by atoms with Gasteiger partial charge in [-0.25, -0.2) is 0 Å². The van der Waals surface area contributed by atoms with Crippen LogP contribution in [0.3, 0.4) is 0 Å². The van der Waals surface area contributed by atoms with E-state index in [9.17, 15) is 61.0 Å². The van der Waals surface area contributed by atoms with Crippen LogP contribution < -0.4 is 5.32 Å². The summed E-state index contributed by atoms with van der Waals surface area (Å²) in [6.45, 7) is 1.81. The molecule has 0 aliphatic carbocycles. The van der Waals surface area contributed by atoms with E-state index in [1.165, 1.54) is 225 Å². The molecule has 3 aliphatic rings. The molecule has 93 heavy (non-hydrogen) atoms.